The highest BCUT2D eigenvalue weighted by atomic mass is 32.2. The molecule has 21 heavy (non-hydrogen) atoms. The highest BCUT2D eigenvalue weighted by molar-refractivity contribution is 7.89. The summed E-state index contributed by atoms with van der Waals surface area (Å²) in [6.45, 7) is 3.46. The van der Waals surface area contributed by atoms with Gasteiger partial charge in [0.05, 0.1) is 11.4 Å². The van der Waals surface area contributed by atoms with E-state index >= 15 is 0 Å². The summed E-state index contributed by atoms with van der Waals surface area (Å²) < 4.78 is 31.5. The standard InChI is InChI=1S/C13H15NO5S2/c1-8-4-5-10(19-8)7-14(3)21(17,18)12-6-11(13(15)16)20-9(12)2/h4-6H,7H2,1-3H3,(H,15,16). The van der Waals surface area contributed by atoms with Crippen molar-refractivity contribution in [3.8, 4) is 0 Å². The fraction of sp³-hybridized carbons (Fsp3) is 0.308. The van der Waals surface area contributed by atoms with Gasteiger partial charge in [-0.1, -0.05) is 0 Å². The minimum Gasteiger partial charge on any atom is -0.477 e. The number of carboxylic acid groups (broad SMARTS) is 1. The van der Waals surface area contributed by atoms with Crippen LogP contribution in [0.2, 0.25) is 0 Å². The summed E-state index contributed by atoms with van der Waals surface area (Å²) >= 11 is 0.948. The Balaban J connectivity index is 2.30. The average Bonchev–Trinajstić information content (AvgIpc) is 2.96. The zero-order chi connectivity index (χ0) is 15.8. The lowest BCUT2D eigenvalue weighted by atomic mass is 10.4. The van der Waals surface area contributed by atoms with Crippen LogP contribution in [0.4, 0.5) is 0 Å². The molecule has 2 aromatic rings. The maximum absolute atomic E-state index is 12.5. The van der Waals surface area contributed by atoms with Crippen LogP contribution in [0.25, 0.3) is 0 Å². The molecule has 0 spiro atoms. The first-order valence-corrected chi connectivity index (χ1v) is 8.33. The van der Waals surface area contributed by atoms with E-state index in [-0.39, 0.29) is 16.3 Å². The molecule has 114 valence electrons. The van der Waals surface area contributed by atoms with Gasteiger partial charge < -0.3 is 9.52 Å². The molecule has 0 aliphatic carbocycles. The average molecular weight is 329 g/mol. The third kappa shape index (κ3) is 3.17. The zero-order valence-electron chi connectivity index (χ0n) is 11.8. The third-order valence-electron chi connectivity index (χ3n) is 2.95. The maximum Gasteiger partial charge on any atom is 0.345 e. The first kappa shape index (κ1) is 15.7. The van der Waals surface area contributed by atoms with Crippen LogP contribution in [0.1, 0.15) is 26.1 Å². The van der Waals surface area contributed by atoms with Gasteiger partial charge in [0, 0.05) is 11.9 Å². The van der Waals surface area contributed by atoms with Crippen molar-refractivity contribution in [1.82, 2.24) is 4.31 Å². The van der Waals surface area contributed by atoms with Crippen molar-refractivity contribution in [2.45, 2.75) is 25.3 Å². The Kier molecular flexibility index (Phi) is 4.22. The van der Waals surface area contributed by atoms with Crippen molar-refractivity contribution in [1.29, 1.82) is 0 Å². The zero-order valence-corrected chi connectivity index (χ0v) is 13.4. The van der Waals surface area contributed by atoms with Crippen molar-refractivity contribution in [3.05, 3.63) is 39.5 Å². The molecule has 0 saturated carbocycles. The molecule has 0 bridgehead atoms. The van der Waals surface area contributed by atoms with E-state index in [9.17, 15) is 13.2 Å². The SMILES string of the molecule is Cc1ccc(CN(C)S(=O)(=O)c2cc(C(=O)O)sc2C)o1. The number of carbonyl (C=O) groups is 1. The molecule has 0 radical (unpaired) electrons. The Bertz CT molecular complexity index is 772. The normalized spacial score (nSPS) is 12.0. The minimum absolute atomic E-state index is 0.00770. The van der Waals surface area contributed by atoms with Gasteiger partial charge in [-0.25, -0.2) is 13.2 Å². The number of thiophene rings is 1. The van der Waals surface area contributed by atoms with Gasteiger partial charge >= 0.3 is 5.97 Å². The molecule has 0 amide bonds. The van der Waals surface area contributed by atoms with E-state index in [0.717, 1.165) is 15.6 Å². The van der Waals surface area contributed by atoms with Crippen LogP contribution in [-0.2, 0) is 16.6 Å². The predicted octanol–water partition coefficient (Wildman–Crippen LogP) is 2.48. The number of aryl methyl sites for hydroxylation is 2. The number of rotatable bonds is 5. The van der Waals surface area contributed by atoms with E-state index in [1.807, 2.05) is 0 Å². The van der Waals surface area contributed by atoms with Gasteiger partial charge in [-0.05, 0) is 32.0 Å². The number of hydrogen-bond donors (Lipinski definition) is 1. The van der Waals surface area contributed by atoms with Crippen LogP contribution in [0.15, 0.2) is 27.5 Å². The second-order valence-electron chi connectivity index (χ2n) is 4.61. The van der Waals surface area contributed by atoms with Gasteiger partial charge in [0.15, 0.2) is 0 Å². The number of sulfonamides is 1. The summed E-state index contributed by atoms with van der Waals surface area (Å²) in [6.07, 6.45) is 0. The molecular formula is C13H15NO5S2. The summed E-state index contributed by atoms with van der Waals surface area (Å²) in [5.74, 6) is 0.106. The van der Waals surface area contributed by atoms with Crippen LogP contribution in [0.5, 0.6) is 0 Å². The van der Waals surface area contributed by atoms with Crippen LogP contribution < -0.4 is 0 Å². The van der Waals surface area contributed by atoms with E-state index < -0.39 is 16.0 Å². The Morgan fingerprint density at radius 1 is 1.38 bits per heavy atom. The lowest BCUT2D eigenvalue weighted by Crippen LogP contribution is -2.26. The Hall–Kier alpha value is -1.64. The Labute approximate surface area is 126 Å². The monoisotopic (exact) mass is 329 g/mol. The summed E-state index contributed by atoms with van der Waals surface area (Å²) in [5.41, 5.74) is 0. The smallest absolute Gasteiger partial charge is 0.345 e. The highest BCUT2D eigenvalue weighted by Crippen LogP contribution is 2.28. The first-order chi connectivity index (χ1) is 9.71. The second-order valence-corrected chi connectivity index (χ2v) is 7.88. The lowest BCUT2D eigenvalue weighted by Gasteiger charge is -2.15. The van der Waals surface area contributed by atoms with Gasteiger partial charge in [-0.15, -0.1) is 11.3 Å². The summed E-state index contributed by atoms with van der Waals surface area (Å²) in [4.78, 5) is 11.4. The summed E-state index contributed by atoms with van der Waals surface area (Å²) in [5, 5.41) is 8.95. The topological polar surface area (TPSA) is 87.8 Å². The molecule has 0 fully saturated rings. The molecular weight excluding hydrogens is 314 g/mol. The van der Waals surface area contributed by atoms with Crippen LogP contribution in [0.3, 0.4) is 0 Å². The van der Waals surface area contributed by atoms with E-state index in [4.69, 9.17) is 9.52 Å². The first-order valence-electron chi connectivity index (χ1n) is 6.07. The number of nitrogens with zero attached hydrogens (tertiary/aromatic N) is 1. The molecule has 2 aromatic heterocycles. The van der Waals surface area contributed by atoms with E-state index in [1.54, 1.807) is 26.0 Å². The second kappa shape index (κ2) is 5.63. The molecule has 0 saturated heterocycles. The van der Waals surface area contributed by atoms with Gasteiger partial charge in [0.2, 0.25) is 10.0 Å². The molecule has 0 aliphatic rings. The van der Waals surface area contributed by atoms with E-state index in [0.29, 0.717) is 16.4 Å². The third-order valence-corrected chi connectivity index (χ3v) is 6.04. The van der Waals surface area contributed by atoms with Gasteiger partial charge in [-0.2, -0.15) is 4.31 Å². The summed E-state index contributed by atoms with van der Waals surface area (Å²) in [6, 6.07) is 4.67. The maximum atomic E-state index is 12.5. The molecule has 0 unspecified atom stereocenters. The summed E-state index contributed by atoms with van der Waals surface area (Å²) in [7, 11) is -2.32. The minimum atomic E-state index is -3.75. The number of furan rings is 1. The van der Waals surface area contributed by atoms with Gasteiger partial charge in [0.25, 0.3) is 0 Å². The quantitative estimate of drug-likeness (QED) is 0.910. The molecule has 8 heteroatoms. The molecule has 2 rings (SSSR count). The van der Waals surface area contributed by atoms with Gasteiger partial charge in [-0.3, -0.25) is 0 Å². The molecule has 0 aromatic carbocycles. The number of hydrogen-bond acceptors (Lipinski definition) is 5. The highest BCUT2D eigenvalue weighted by Gasteiger charge is 2.27. The van der Waals surface area contributed by atoms with Crippen LogP contribution >= 0.6 is 11.3 Å². The molecule has 0 atom stereocenters. The lowest BCUT2D eigenvalue weighted by molar-refractivity contribution is 0.0702. The van der Waals surface area contributed by atoms with E-state index in [2.05, 4.69) is 0 Å². The number of carboxylic acids is 1. The van der Waals surface area contributed by atoms with Crippen molar-refractivity contribution in [2.24, 2.45) is 0 Å². The Morgan fingerprint density at radius 3 is 2.52 bits per heavy atom. The molecule has 1 N–H and O–H groups in total. The Morgan fingerprint density at radius 2 is 2.05 bits per heavy atom. The fourth-order valence-electron chi connectivity index (χ4n) is 1.87. The van der Waals surface area contributed by atoms with Crippen LogP contribution in [0, 0.1) is 13.8 Å². The predicted molar refractivity (Wildman–Crippen MR) is 78.1 cm³/mol. The van der Waals surface area contributed by atoms with Crippen LogP contribution in [-0.4, -0.2) is 30.8 Å². The molecule has 0 aliphatic heterocycles. The van der Waals surface area contributed by atoms with Crippen molar-refractivity contribution < 1.29 is 22.7 Å². The number of aromatic carboxylic acids is 1. The largest absolute Gasteiger partial charge is 0.477 e. The van der Waals surface area contributed by atoms with E-state index in [1.165, 1.54) is 13.1 Å². The van der Waals surface area contributed by atoms with Crippen molar-refractivity contribution >= 4 is 27.3 Å². The molecule has 2 heterocycles. The van der Waals surface area contributed by atoms with Crippen molar-refractivity contribution in [3.63, 3.8) is 0 Å². The molecule has 6 nitrogen and oxygen atoms in total. The fourth-order valence-corrected chi connectivity index (χ4v) is 4.40. The van der Waals surface area contributed by atoms with Gasteiger partial charge in [0.1, 0.15) is 16.4 Å². The van der Waals surface area contributed by atoms with Crippen molar-refractivity contribution in [2.75, 3.05) is 7.05 Å².